The third kappa shape index (κ3) is 5.82. The molecular weight excluding hydrogens is 751 g/mol. The zero-order chi connectivity index (χ0) is 41.0. The Morgan fingerprint density at radius 1 is 0.387 bits per heavy atom. The van der Waals surface area contributed by atoms with Crippen LogP contribution in [0.25, 0.3) is 39.1 Å². The molecule has 3 nitrogen and oxygen atoms in total. The maximum atomic E-state index is 4.05. The normalized spacial score (nSPS) is 16.8. The fourth-order valence-corrected chi connectivity index (χ4v) is 10.5. The summed E-state index contributed by atoms with van der Waals surface area (Å²) in [6.07, 6.45) is 2.38. The van der Waals surface area contributed by atoms with Crippen molar-refractivity contribution in [2.45, 2.75) is 17.6 Å². The average Bonchev–Trinajstić information content (AvgIpc) is 3.65. The van der Waals surface area contributed by atoms with Crippen LogP contribution in [-0.2, 0) is 5.41 Å². The number of benzene rings is 9. The fourth-order valence-electron chi connectivity index (χ4n) is 10.5. The van der Waals surface area contributed by atoms with Gasteiger partial charge >= 0.3 is 0 Å². The van der Waals surface area contributed by atoms with Gasteiger partial charge in [0.25, 0.3) is 0 Å². The highest BCUT2D eigenvalue weighted by Crippen LogP contribution is 2.63. The van der Waals surface area contributed by atoms with Gasteiger partial charge in [0, 0.05) is 16.8 Å². The molecule has 3 heteroatoms. The molecule has 0 radical (unpaired) electrons. The second kappa shape index (κ2) is 14.9. The van der Waals surface area contributed by atoms with E-state index in [1.807, 2.05) is 0 Å². The number of anilines is 3. The standard InChI is InChI=1S/C59H43N3/c1-4-18-40(19-5-1)42-22-16-24-45(36-42)55-39-54(41-20-6-2-7-21-41)60-58(61-55)46-25-17-23-43(37-46)44-34-35-49-48-28-10-11-29-50(48)59(53(49)38-44)51-30-12-14-32-56(51)62(47-26-8-3-9-27-47)57-33-15-13-31-52(57)59/h1-39,55,58,60-61H/p+1. The minimum atomic E-state index is -0.506. The molecule has 2 aliphatic heterocycles. The lowest BCUT2D eigenvalue weighted by atomic mass is 9.64. The molecule has 3 N–H and O–H groups in total. The van der Waals surface area contributed by atoms with E-state index in [-0.39, 0.29) is 12.2 Å². The molecule has 12 rings (SSSR count). The van der Waals surface area contributed by atoms with Crippen LogP contribution in [0.2, 0.25) is 0 Å². The Kier molecular flexibility index (Phi) is 8.70. The van der Waals surface area contributed by atoms with E-state index in [0.717, 1.165) is 5.69 Å². The van der Waals surface area contributed by atoms with Gasteiger partial charge in [-0.3, -0.25) is 10.6 Å². The largest absolute Gasteiger partial charge is 0.310 e. The lowest BCUT2D eigenvalue weighted by Gasteiger charge is -2.45. The first-order chi connectivity index (χ1) is 30.7. The summed E-state index contributed by atoms with van der Waals surface area (Å²) in [6, 6.07) is 84.8. The number of nitrogens with two attached hydrogens (primary N) is 1. The summed E-state index contributed by atoms with van der Waals surface area (Å²) in [6.45, 7) is 0. The van der Waals surface area contributed by atoms with Crippen LogP contribution in [0.5, 0.6) is 0 Å². The SMILES string of the molecule is C1=C(c2ccccc2)[NH2+]C(c2cccc(-c3ccc4c(c3)C3(c5ccccc5-4)c4ccccc4N(c4ccccc4)c4ccccc43)c2)NC1c1cccc(-c2ccccc2)c1. The Balaban J connectivity index is 0.978. The summed E-state index contributed by atoms with van der Waals surface area (Å²) in [7, 11) is 0. The van der Waals surface area contributed by atoms with Crippen molar-refractivity contribution < 1.29 is 5.32 Å². The number of quaternary nitrogens is 1. The van der Waals surface area contributed by atoms with Crippen LogP contribution >= 0.6 is 0 Å². The van der Waals surface area contributed by atoms with Gasteiger partial charge in [0.1, 0.15) is 5.70 Å². The number of fused-ring (bicyclic) bond motifs is 9. The van der Waals surface area contributed by atoms with E-state index < -0.39 is 5.41 Å². The molecule has 2 atom stereocenters. The highest BCUT2D eigenvalue weighted by Gasteiger charge is 2.51. The van der Waals surface area contributed by atoms with Gasteiger partial charge in [-0.15, -0.1) is 0 Å². The van der Waals surface area contributed by atoms with Crippen molar-refractivity contribution in [1.82, 2.24) is 5.32 Å². The lowest BCUT2D eigenvalue weighted by Crippen LogP contribution is -2.87. The quantitative estimate of drug-likeness (QED) is 0.176. The minimum Gasteiger partial charge on any atom is -0.310 e. The Morgan fingerprint density at radius 2 is 0.903 bits per heavy atom. The van der Waals surface area contributed by atoms with E-state index in [2.05, 4.69) is 252 Å². The lowest BCUT2D eigenvalue weighted by molar-refractivity contribution is -0.621. The first-order valence-electron chi connectivity index (χ1n) is 21.7. The summed E-state index contributed by atoms with van der Waals surface area (Å²) in [5, 5.41) is 6.44. The molecule has 0 aromatic heterocycles. The number of hydrogen-bond acceptors (Lipinski definition) is 2. The van der Waals surface area contributed by atoms with Crippen molar-refractivity contribution >= 4 is 22.8 Å². The summed E-state index contributed by atoms with van der Waals surface area (Å²) >= 11 is 0. The first-order valence-corrected chi connectivity index (χ1v) is 21.7. The first kappa shape index (κ1) is 36.3. The van der Waals surface area contributed by atoms with E-state index >= 15 is 0 Å². The van der Waals surface area contributed by atoms with Crippen LogP contribution < -0.4 is 15.5 Å². The Labute approximate surface area is 363 Å². The minimum absolute atomic E-state index is 0.00775. The molecule has 1 aliphatic carbocycles. The summed E-state index contributed by atoms with van der Waals surface area (Å²) in [5.41, 5.74) is 20.7. The number of nitrogens with zero attached hydrogens (tertiary/aromatic N) is 1. The smallest absolute Gasteiger partial charge is 0.171 e. The topological polar surface area (TPSA) is 31.9 Å². The van der Waals surface area contributed by atoms with Crippen molar-refractivity contribution in [3.8, 4) is 33.4 Å². The number of hydrogen-bond donors (Lipinski definition) is 2. The third-order valence-corrected chi connectivity index (χ3v) is 13.2. The van der Waals surface area contributed by atoms with Gasteiger partial charge in [0.15, 0.2) is 6.17 Å². The second-order valence-electron chi connectivity index (χ2n) is 16.7. The highest BCUT2D eigenvalue weighted by atomic mass is 15.2. The van der Waals surface area contributed by atoms with Crippen molar-refractivity contribution in [1.29, 1.82) is 0 Å². The van der Waals surface area contributed by atoms with Crippen molar-refractivity contribution in [2.75, 3.05) is 4.90 Å². The van der Waals surface area contributed by atoms with E-state index in [1.54, 1.807) is 0 Å². The molecule has 3 aliphatic rings. The maximum Gasteiger partial charge on any atom is 0.171 e. The van der Waals surface area contributed by atoms with E-state index in [9.17, 15) is 0 Å². The third-order valence-electron chi connectivity index (χ3n) is 13.2. The molecule has 0 bridgehead atoms. The molecule has 1 spiro atoms. The van der Waals surface area contributed by atoms with Crippen LogP contribution in [-0.4, -0.2) is 0 Å². The van der Waals surface area contributed by atoms with Crippen molar-refractivity contribution in [3.63, 3.8) is 0 Å². The molecular formula is C59H44N3+. The number of para-hydroxylation sites is 3. The summed E-state index contributed by atoms with van der Waals surface area (Å²) in [4.78, 5) is 2.45. The van der Waals surface area contributed by atoms with Gasteiger partial charge < -0.3 is 4.90 Å². The second-order valence-corrected chi connectivity index (χ2v) is 16.7. The molecule has 0 amide bonds. The summed E-state index contributed by atoms with van der Waals surface area (Å²) < 4.78 is 0. The van der Waals surface area contributed by atoms with E-state index in [1.165, 1.54) is 89.4 Å². The van der Waals surface area contributed by atoms with Gasteiger partial charge in [-0.1, -0.05) is 176 Å². The number of rotatable bonds is 6. The number of nitrogens with one attached hydrogen (secondary N) is 1. The molecule has 62 heavy (non-hydrogen) atoms. The monoisotopic (exact) mass is 794 g/mol. The Hall–Kier alpha value is -7.56. The van der Waals surface area contributed by atoms with Crippen LogP contribution in [0.4, 0.5) is 17.1 Å². The average molecular weight is 795 g/mol. The van der Waals surface area contributed by atoms with Crippen LogP contribution in [0, 0.1) is 0 Å². The maximum absolute atomic E-state index is 4.05. The highest BCUT2D eigenvalue weighted by molar-refractivity contribution is 5.96. The Morgan fingerprint density at radius 3 is 1.61 bits per heavy atom. The molecule has 0 saturated carbocycles. The van der Waals surface area contributed by atoms with Gasteiger partial charge in [-0.25, -0.2) is 0 Å². The molecule has 0 fully saturated rings. The Bertz CT molecular complexity index is 3100. The predicted molar refractivity (Wildman–Crippen MR) is 254 cm³/mol. The zero-order valence-corrected chi connectivity index (χ0v) is 34.2. The van der Waals surface area contributed by atoms with Crippen LogP contribution in [0.15, 0.2) is 237 Å². The van der Waals surface area contributed by atoms with Gasteiger partial charge in [-0.2, -0.15) is 0 Å². The molecule has 9 aromatic carbocycles. The molecule has 2 heterocycles. The molecule has 9 aromatic rings. The van der Waals surface area contributed by atoms with Crippen LogP contribution in [0.3, 0.4) is 0 Å². The fraction of sp³-hybridized carbons (Fsp3) is 0.0508. The predicted octanol–water partition coefficient (Wildman–Crippen LogP) is 13.1. The van der Waals surface area contributed by atoms with E-state index in [0.29, 0.717) is 0 Å². The van der Waals surface area contributed by atoms with Crippen molar-refractivity contribution in [3.05, 3.63) is 276 Å². The van der Waals surface area contributed by atoms with Crippen LogP contribution in [0.1, 0.15) is 51.2 Å². The molecule has 0 saturated heterocycles. The molecule has 2 unspecified atom stereocenters. The molecule has 294 valence electrons. The zero-order valence-electron chi connectivity index (χ0n) is 34.2. The summed E-state index contributed by atoms with van der Waals surface area (Å²) in [5.74, 6) is 0. The van der Waals surface area contributed by atoms with Gasteiger partial charge in [0.2, 0.25) is 0 Å². The van der Waals surface area contributed by atoms with E-state index in [4.69, 9.17) is 0 Å². The van der Waals surface area contributed by atoms with Gasteiger partial charge in [-0.05, 0) is 122 Å². The van der Waals surface area contributed by atoms with Gasteiger partial charge in [0.05, 0.1) is 22.8 Å². The van der Waals surface area contributed by atoms with Crippen molar-refractivity contribution in [2.24, 2.45) is 0 Å².